The number of amides is 1. The van der Waals surface area contributed by atoms with Gasteiger partial charge >= 0.3 is 0 Å². The summed E-state index contributed by atoms with van der Waals surface area (Å²) in [5.41, 5.74) is 7.94. The first kappa shape index (κ1) is 17.7. The summed E-state index contributed by atoms with van der Waals surface area (Å²) in [6.07, 6.45) is 5.30. The van der Waals surface area contributed by atoms with E-state index < -0.39 is 0 Å². The van der Waals surface area contributed by atoms with Crippen molar-refractivity contribution in [3.8, 4) is 11.3 Å². The fourth-order valence-electron chi connectivity index (χ4n) is 2.85. The molecule has 1 aromatic carbocycles. The summed E-state index contributed by atoms with van der Waals surface area (Å²) in [5, 5.41) is 0. The van der Waals surface area contributed by atoms with Crippen LogP contribution in [-0.4, -0.2) is 70.4 Å². The van der Waals surface area contributed by atoms with Crippen LogP contribution in [0.15, 0.2) is 36.7 Å². The molecule has 0 radical (unpaired) electrons. The topological polar surface area (TPSA) is 75.3 Å². The average Bonchev–Trinajstić information content (AvgIpc) is 2.67. The molecule has 6 nitrogen and oxygen atoms in total. The number of carbonyl (C=O) groups excluding carboxylic acids is 1. The van der Waals surface area contributed by atoms with E-state index in [1.54, 1.807) is 6.20 Å². The van der Waals surface area contributed by atoms with Crippen molar-refractivity contribution in [3.63, 3.8) is 0 Å². The van der Waals surface area contributed by atoms with Gasteiger partial charge in [-0.05, 0) is 18.4 Å². The van der Waals surface area contributed by atoms with Crippen molar-refractivity contribution in [2.24, 2.45) is 0 Å². The third kappa shape index (κ3) is 4.49. The number of piperazine rings is 1. The Kier molecular flexibility index (Phi) is 5.88. The molecule has 2 aromatic rings. The minimum Gasteiger partial charge on any atom is -0.382 e. The van der Waals surface area contributed by atoms with Gasteiger partial charge in [-0.15, -0.1) is 0 Å². The fourth-order valence-corrected chi connectivity index (χ4v) is 3.29. The van der Waals surface area contributed by atoms with E-state index in [4.69, 9.17) is 5.73 Å². The number of thioether (sulfide) groups is 1. The van der Waals surface area contributed by atoms with Crippen LogP contribution in [0, 0.1) is 0 Å². The fraction of sp³-hybridized carbons (Fsp3) is 0.389. The second-order valence-corrected chi connectivity index (χ2v) is 7.02. The van der Waals surface area contributed by atoms with Crippen LogP contribution in [0.4, 0.5) is 5.82 Å². The summed E-state index contributed by atoms with van der Waals surface area (Å²) in [7, 11) is 0. The second-order valence-electron chi connectivity index (χ2n) is 6.03. The van der Waals surface area contributed by atoms with E-state index in [1.807, 2.05) is 40.9 Å². The number of rotatable bonds is 5. The lowest BCUT2D eigenvalue weighted by Gasteiger charge is -2.34. The van der Waals surface area contributed by atoms with Gasteiger partial charge in [-0.25, -0.2) is 4.98 Å². The number of benzene rings is 1. The smallest absolute Gasteiger partial charge is 0.253 e. The lowest BCUT2D eigenvalue weighted by molar-refractivity contribution is 0.0644. The molecule has 1 aromatic heterocycles. The highest BCUT2D eigenvalue weighted by Gasteiger charge is 2.21. The summed E-state index contributed by atoms with van der Waals surface area (Å²) >= 11 is 1.86. The van der Waals surface area contributed by atoms with Gasteiger partial charge in [0.25, 0.3) is 5.91 Å². The molecule has 2 heterocycles. The average molecular weight is 357 g/mol. The van der Waals surface area contributed by atoms with Crippen molar-refractivity contribution in [2.75, 3.05) is 50.5 Å². The van der Waals surface area contributed by atoms with Gasteiger partial charge in [0.05, 0.1) is 18.1 Å². The summed E-state index contributed by atoms with van der Waals surface area (Å²) in [4.78, 5) is 25.3. The number of aromatic nitrogens is 2. The molecule has 0 aliphatic carbocycles. The quantitative estimate of drug-likeness (QED) is 0.880. The SMILES string of the molecule is CSCCN1CCN(C(=O)c2ccc(-c3cnc(N)cn3)cc2)CC1. The van der Waals surface area contributed by atoms with E-state index in [1.165, 1.54) is 6.20 Å². The lowest BCUT2D eigenvalue weighted by Crippen LogP contribution is -2.49. The molecule has 1 fully saturated rings. The summed E-state index contributed by atoms with van der Waals surface area (Å²) < 4.78 is 0. The normalized spacial score (nSPS) is 15.3. The third-order valence-electron chi connectivity index (χ3n) is 4.37. The molecule has 0 saturated carbocycles. The van der Waals surface area contributed by atoms with Gasteiger partial charge in [-0.1, -0.05) is 12.1 Å². The van der Waals surface area contributed by atoms with Crippen LogP contribution in [0.3, 0.4) is 0 Å². The van der Waals surface area contributed by atoms with Crippen LogP contribution in [0.25, 0.3) is 11.3 Å². The summed E-state index contributed by atoms with van der Waals surface area (Å²) in [5.74, 6) is 1.63. The molecule has 25 heavy (non-hydrogen) atoms. The molecular formula is C18H23N5OS. The predicted octanol–water partition coefficient (Wildman–Crippen LogP) is 1.85. The molecule has 132 valence electrons. The van der Waals surface area contributed by atoms with Gasteiger partial charge in [0.15, 0.2) is 0 Å². The Morgan fingerprint density at radius 1 is 1.12 bits per heavy atom. The predicted molar refractivity (Wildman–Crippen MR) is 103 cm³/mol. The Balaban J connectivity index is 1.60. The van der Waals surface area contributed by atoms with Crippen molar-refractivity contribution in [2.45, 2.75) is 0 Å². The van der Waals surface area contributed by atoms with Crippen molar-refractivity contribution < 1.29 is 4.79 Å². The summed E-state index contributed by atoms with van der Waals surface area (Å²) in [6, 6.07) is 7.52. The Morgan fingerprint density at radius 2 is 1.84 bits per heavy atom. The molecule has 2 N–H and O–H groups in total. The standard InChI is InChI=1S/C18H23N5OS/c1-25-11-10-22-6-8-23(9-7-22)18(24)15-4-2-14(3-5-15)16-12-21-17(19)13-20-16/h2-5,12-13H,6-11H2,1H3,(H2,19,21). The van der Waals surface area contributed by atoms with E-state index in [-0.39, 0.29) is 5.91 Å². The first-order valence-corrected chi connectivity index (χ1v) is 9.75. The molecule has 3 rings (SSSR count). The Labute approximate surface area is 152 Å². The van der Waals surface area contributed by atoms with E-state index in [0.717, 1.165) is 49.7 Å². The molecule has 1 aliphatic heterocycles. The maximum atomic E-state index is 12.7. The van der Waals surface area contributed by atoms with Gasteiger partial charge in [0.2, 0.25) is 0 Å². The number of nitrogens with zero attached hydrogens (tertiary/aromatic N) is 4. The second kappa shape index (κ2) is 8.31. The number of hydrogen-bond acceptors (Lipinski definition) is 6. The zero-order chi connectivity index (χ0) is 17.6. The Bertz CT molecular complexity index is 696. The van der Waals surface area contributed by atoms with Crippen LogP contribution < -0.4 is 5.73 Å². The first-order valence-electron chi connectivity index (χ1n) is 8.36. The number of carbonyl (C=O) groups is 1. The molecule has 0 atom stereocenters. The van der Waals surface area contributed by atoms with Gasteiger partial charge in [0.1, 0.15) is 5.82 Å². The lowest BCUT2D eigenvalue weighted by atomic mass is 10.1. The highest BCUT2D eigenvalue weighted by Crippen LogP contribution is 2.18. The highest BCUT2D eigenvalue weighted by molar-refractivity contribution is 7.98. The molecular weight excluding hydrogens is 334 g/mol. The number of nitrogen functional groups attached to an aromatic ring is 1. The monoisotopic (exact) mass is 357 g/mol. The van der Waals surface area contributed by atoms with Gasteiger partial charge in [-0.3, -0.25) is 14.7 Å². The number of hydrogen-bond donors (Lipinski definition) is 1. The molecule has 1 amide bonds. The molecule has 0 bridgehead atoms. The minimum absolute atomic E-state index is 0.0967. The van der Waals surface area contributed by atoms with Gasteiger partial charge in [0, 0.05) is 49.6 Å². The highest BCUT2D eigenvalue weighted by atomic mass is 32.2. The van der Waals surface area contributed by atoms with Crippen LogP contribution in [0.5, 0.6) is 0 Å². The van der Waals surface area contributed by atoms with Gasteiger partial charge < -0.3 is 10.6 Å². The molecule has 1 saturated heterocycles. The van der Waals surface area contributed by atoms with Crippen LogP contribution >= 0.6 is 11.8 Å². The van der Waals surface area contributed by atoms with Crippen LogP contribution in [0.1, 0.15) is 10.4 Å². The minimum atomic E-state index is 0.0967. The zero-order valence-electron chi connectivity index (χ0n) is 14.4. The van der Waals surface area contributed by atoms with Crippen LogP contribution in [-0.2, 0) is 0 Å². The molecule has 1 aliphatic rings. The third-order valence-corrected chi connectivity index (χ3v) is 4.96. The largest absolute Gasteiger partial charge is 0.382 e. The van der Waals surface area contributed by atoms with E-state index in [2.05, 4.69) is 21.1 Å². The van der Waals surface area contributed by atoms with E-state index >= 15 is 0 Å². The Hall–Kier alpha value is -2.12. The number of anilines is 1. The maximum Gasteiger partial charge on any atom is 0.253 e. The van der Waals surface area contributed by atoms with E-state index in [9.17, 15) is 4.79 Å². The zero-order valence-corrected chi connectivity index (χ0v) is 15.2. The Morgan fingerprint density at radius 3 is 2.44 bits per heavy atom. The van der Waals surface area contributed by atoms with Gasteiger partial charge in [-0.2, -0.15) is 11.8 Å². The first-order chi connectivity index (χ1) is 12.2. The maximum absolute atomic E-state index is 12.7. The van der Waals surface area contributed by atoms with Crippen molar-refractivity contribution in [1.29, 1.82) is 0 Å². The molecule has 7 heteroatoms. The van der Waals surface area contributed by atoms with Crippen molar-refractivity contribution in [3.05, 3.63) is 42.2 Å². The van der Waals surface area contributed by atoms with Crippen molar-refractivity contribution >= 4 is 23.5 Å². The molecule has 0 spiro atoms. The van der Waals surface area contributed by atoms with E-state index in [0.29, 0.717) is 11.4 Å². The number of nitrogens with two attached hydrogens (primary N) is 1. The van der Waals surface area contributed by atoms with Crippen LogP contribution in [0.2, 0.25) is 0 Å². The summed E-state index contributed by atoms with van der Waals surface area (Å²) in [6.45, 7) is 4.58. The molecule has 0 unspecified atom stereocenters. The van der Waals surface area contributed by atoms with Crippen molar-refractivity contribution in [1.82, 2.24) is 19.8 Å².